The fourth-order valence-electron chi connectivity index (χ4n) is 2.19. The molecule has 2 aromatic rings. The summed E-state index contributed by atoms with van der Waals surface area (Å²) in [6.45, 7) is 1.65. The standard InChI is InChI=1S/C16H11IN2O2/c1-9-13(19-11-6-4-10(17)5-7-11)16(21)12-3-2-8-18-14(12)15(9)20/h2-8,19H,1H3. The average molecular weight is 390 g/mol. The van der Waals surface area contributed by atoms with Gasteiger partial charge in [-0.1, -0.05) is 0 Å². The molecule has 3 rings (SSSR count). The number of fused-ring (bicyclic) bond motifs is 1. The van der Waals surface area contributed by atoms with E-state index in [9.17, 15) is 9.59 Å². The van der Waals surface area contributed by atoms with E-state index in [4.69, 9.17) is 0 Å². The molecule has 1 N–H and O–H groups in total. The summed E-state index contributed by atoms with van der Waals surface area (Å²) in [4.78, 5) is 28.9. The molecule has 0 saturated carbocycles. The van der Waals surface area contributed by atoms with Crippen LogP contribution in [0.25, 0.3) is 0 Å². The molecule has 0 bridgehead atoms. The van der Waals surface area contributed by atoms with Crippen LogP contribution in [0.3, 0.4) is 0 Å². The van der Waals surface area contributed by atoms with Crippen LogP contribution in [0.5, 0.6) is 0 Å². The molecule has 0 atom stereocenters. The summed E-state index contributed by atoms with van der Waals surface area (Å²) in [6, 6.07) is 10.9. The quantitative estimate of drug-likeness (QED) is 0.799. The number of hydrogen-bond donors (Lipinski definition) is 1. The first kappa shape index (κ1) is 13.9. The number of carbonyl (C=O) groups excluding carboxylic acids is 2. The number of anilines is 1. The lowest BCUT2D eigenvalue weighted by Gasteiger charge is -2.19. The Bertz CT molecular complexity index is 779. The largest absolute Gasteiger partial charge is 0.352 e. The molecule has 4 nitrogen and oxygen atoms in total. The third-order valence-corrected chi connectivity index (χ3v) is 4.04. The number of pyridine rings is 1. The second kappa shape index (κ2) is 5.40. The molecule has 0 spiro atoms. The number of halogens is 1. The van der Waals surface area contributed by atoms with Crippen molar-refractivity contribution in [3.8, 4) is 0 Å². The monoisotopic (exact) mass is 390 g/mol. The second-order valence-corrected chi connectivity index (χ2v) is 5.94. The fraction of sp³-hybridized carbons (Fsp3) is 0.0625. The van der Waals surface area contributed by atoms with Crippen LogP contribution in [0.4, 0.5) is 5.69 Å². The van der Waals surface area contributed by atoms with Crippen LogP contribution in [0.1, 0.15) is 27.8 Å². The van der Waals surface area contributed by atoms with Gasteiger partial charge in [0.05, 0.1) is 11.3 Å². The first-order valence-electron chi connectivity index (χ1n) is 6.36. The summed E-state index contributed by atoms with van der Waals surface area (Å²) < 4.78 is 1.10. The third-order valence-electron chi connectivity index (χ3n) is 3.32. The molecule has 0 radical (unpaired) electrons. The lowest BCUT2D eigenvalue weighted by Crippen LogP contribution is -2.26. The molecule has 21 heavy (non-hydrogen) atoms. The Morgan fingerprint density at radius 3 is 2.48 bits per heavy atom. The van der Waals surface area contributed by atoms with E-state index >= 15 is 0 Å². The van der Waals surface area contributed by atoms with Gasteiger partial charge in [0, 0.05) is 21.0 Å². The van der Waals surface area contributed by atoms with Gasteiger partial charge in [0.25, 0.3) is 0 Å². The number of allylic oxidation sites excluding steroid dienone is 2. The van der Waals surface area contributed by atoms with Crippen LogP contribution in [-0.2, 0) is 0 Å². The highest BCUT2D eigenvalue weighted by molar-refractivity contribution is 14.1. The molecule has 1 aliphatic carbocycles. The Morgan fingerprint density at radius 1 is 1.05 bits per heavy atom. The van der Waals surface area contributed by atoms with E-state index in [1.165, 1.54) is 6.20 Å². The molecule has 0 aliphatic heterocycles. The van der Waals surface area contributed by atoms with Gasteiger partial charge in [0.1, 0.15) is 5.69 Å². The molecule has 1 aromatic heterocycles. The van der Waals surface area contributed by atoms with E-state index in [1.807, 2.05) is 24.3 Å². The van der Waals surface area contributed by atoms with Crippen molar-refractivity contribution in [3.05, 3.63) is 68.7 Å². The van der Waals surface area contributed by atoms with Gasteiger partial charge in [-0.15, -0.1) is 0 Å². The van der Waals surface area contributed by atoms with Crippen LogP contribution in [-0.4, -0.2) is 16.6 Å². The van der Waals surface area contributed by atoms with E-state index in [2.05, 4.69) is 32.9 Å². The van der Waals surface area contributed by atoms with Crippen LogP contribution >= 0.6 is 22.6 Å². The summed E-state index contributed by atoms with van der Waals surface area (Å²) in [5.41, 5.74) is 2.07. The first-order valence-corrected chi connectivity index (χ1v) is 7.43. The zero-order chi connectivity index (χ0) is 15.0. The van der Waals surface area contributed by atoms with Crippen LogP contribution < -0.4 is 5.32 Å². The minimum Gasteiger partial charge on any atom is -0.352 e. The first-order chi connectivity index (χ1) is 10.1. The highest BCUT2D eigenvalue weighted by atomic mass is 127. The Balaban J connectivity index is 2.02. The number of nitrogens with one attached hydrogen (secondary N) is 1. The third kappa shape index (κ3) is 2.49. The number of aromatic nitrogens is 1. The summed E-state index contributed by atoms with van der Waals surface area (Å²) in [6.07, 6.45) is 1.52. The number of benzene rings is 1. The number of rotatable bonds is 2. The van der Waals surface area contributed by atoms with Gasteiger partial charge in [0.2, 0.25) is 11.6 Å². The van der Waals surface area contributed by atoms with E-state index in [0.29, 0.717) is 16.8 Å². The van der Waals surface area contributed by atoms with Gasteiger partial charge in [0.15, 0.2) is 0 Å². The van der Waals surface area contributed by atoms with Gasteiger partial charge in [-0.2, -0.15) is 0 Å². The van der Waals surface area contributed by atoms with Crippen molar-refractivity contribution in [2.45, 2.75) is 6.92 Å². The fourth-order valence-corrected chi connectivity index (χ4v) is 2.55. The predicted molar refractivity (Wildman–Crippen MR) is 88.4 cm³/mol. The summed E-state index contributed by atoms with van der Waals surface area (Å²) >= 11 is 2.21. The molecule has 104 valence electrons. The SMILES string of the molecule is CC1=C(Nc2ccc(I)cc2)C(=O)c2cccnc2C1=O. The average Bonchev–Trinajstić information content (AvgIpc) is 2.51. The van der Waals surface area contributed by atoms with Crippen molar-refractivity contribution in [2.75, 3.05) is 5.32 Å². The lowest BCUT2D eigenvalue weighted by atomic mass is 9.91. The molecule has 5 heteroatoms. The van der Waals surface area contributed by atoms with Crippen molar-refractivity contribution >= 4 is 39.8 Å². The molecule has 0 amide bonds. The zero-order valence-electron chi connectivity index (χ0n) is 11.2. The molecule has 0 unspecified atom stereocenters. The number of ketones is 2. The molecule has 1 aromatic carbocycles. The van der Waals surface area contributed by atoms with Crippen molar-refractivity contribution in [1.82, 2.24) is 4.98 Å². The maximum Gasteiger partial charge on any atom is 0.211 e. The maximum absolute atomic E-state index is 12.5. The molecular weight excluding hydrogens is 379 g/mol. The van der Waals surface area contributed by atoms with E-state index in [0.717, 1.165) is 9.26 Å². The Morgan fingerprint density at radius 2 is 1.76 bits per heavy atom. The van der Waals surface area contributed by atoms with Crippen LogP contribution in [0.2, 0.25) is 0 Å². The maximum atomic E-state index is 12.5. The van der Waals surface area contributed by atoms with E-state index < -0.39 is 0 Å². The molecule has 0 saturated heterocycles. The number of Topliss-reactive ketones (excluding diaryl/α,β-unsaturated/α-hetero) is 2. The Hall–Kier alpha value is -2.02. The topological polar surface area (TPSA) is 59.1 Å². The molecular formula is C16H11IN2O2. The lowest BCUT2D eigenvalue weighted by molar-refractivity contribution is 0.0972. The molecule has 1 heterocycles. The van der Waals surface area contributed by atoms with Gasteiger partial charge in [-0.3, -0.25) is 14.6 Å². The minimum atomic E-state index is -0.210. The minimum absolute atomic E-state index is 0.200. The second-order valence-electron chi connectivity index (χ2n) is 4.69. The highest BCUT2D eigenvalue weighted by Crippen LogP contribution is 2.26. The number of nitrogens with zero attached hydrogens (tertiary/aromatic N) is 1. The van der Waals surface area contributed by atoms with Crippen molar-refractivity contribution in [1.29, 1.82) is 0 Å². The normalized spacial score (nSPS) is 14.2. The molecule has 0 fully saturated rings. The summed E-state index contributed by atoms with van der Waals surface area (Å²) in [5, 5.41) is 3.06. The van der Waals surface area contributed by atoms with Gasteiger partial charge < -0.3 is 5.32 Å². The van der Waals surface area contributed by atoms with Crippen LogP contribution in [0, 0.1) is 3.57 Å². The summed E-state index contributed by atoms with van der Waals surface area (Å²) in [5.74, 6) is -0.410. The zero-order valence-corrected chi connectivity index (χ0v) is 13.3. The highest BCUT2D eigenvalue weighted by Gasteiger charge is 2.30. The summed E-state index contributed by atoms with van der Waals surface area (Å²) in [7, 11) is 0. The number of hydrogen-bond acceptors (Lipinski definition) is 4. The van der Waals surface area contributed by atoms with Crippen molar-refractivity contribution < 1.29 is 9.59 Å². The van der Waals surface area contributed by atoms with Gasteiger partial charge >= 0.3 is 0 Å². The van der Waals surface area contributed by atoms with Crippen molar-refractivity contribution in [3.63, 3.8) is 0 Å². The van der Waals surface area contributed by atoms with Crippen LogP contribution in [0.15, 0.2) is 53.9 Å². The van der Waals surface area contributed by atoms with Gasteiger partial charge in [-0.05, 0) is 65.9 Å². The van der Waals surface area contributed by atoms with Crippen molar-refractivity contribution in [2.24, 2.45) is 0 Å². The van der Waals surface area contributed by atoms with E-state index in [-0.39, 0.29) is 17.3 Å². The smallest absolute Gasteiger partial charge is 0.211 e. The van der Waals surface area contributed by atoms with Gasteiger partial charge in [-0.25, -0.2) is 0 Å². The Kier molecular flexibility index (Phi) is 3.59. The number of carbonyl (C=O) groups is 2. The van der Waals surface area contributed by atoms with E-state index in [1.54, 1.807) is 19.1 Å². The molecule has 1 aliphatic rings. The Labute approximate surface area is 135 Å². The predicted octanol–water partition coefficient (Wildman–Crippen LogP) is 3.45.